The van der Waals surface area contributed by atoms with Crippen molar-refractivity contribution in [2.45, 2.75) is 20.5 Å². The van der Waals surface area contributed by atoms with Gasteiger partial charge in [-0.25, -0.2) is 4.79 Å². The third kappa shape index (κ3) is 4.75. The van der Waals surface area contributed by atoms with Gasteiger partial charge in [0, 0.05) is 7.05 Å². The minimum Gasteiger partial charge on any atom is -0.496 e. The van der Waals surface area contributed by atoms with E-state index < -0.39 is 0 Å². The van der Waals surface area contributed by atoms with Gasteiger partial charge < -0.3 is 14.3 Å². The molecule has 1 heterocycles. The fourth-order valence-electron chi connectivity index (χ4n) is 2.96. The Hall–Kier alpha value is -4.06. The quantitative estimate of drug-likeness (QED) is 0.240. The predicted molar refractivity (Wildman–Crippen MR) is 116 cm³/mol. The molecule has 0 aliphatic carbocycles. The van der Waals surface area contributed by atoms with Gasteiger partial charge in [-0.15, -0.1) is 6.42 Å². The molecule has 0 aliphatic rings. The van der Waals surface area contributed by atoms with E-state index in [1.165, 1.54) is 11.7 Å². The largest absolute Gasteiger partial charge is 0.496 e. The number of terminal acetylenes is 1. The van der Waals surface area contributed by atoms with Crippen molar-refractivity contribution in [1.29, 1.82) is 0 Å². The summed E-state index contributed by atoms with van der Waals surface area (Å²) in [5.41, 5.74) is 3.37. The van der Waals surface area contributed by atoms with Crippen molar-refractivity contribution >= 4 is 5.71 Å². The number of tetrazole rings is 1. The molecule has 0 N–H and O–H groups in total. The second-order valence-corrected chi connectivity index (χ2v) is 6.68. The molecule has 0 bridgehead atoms. The van der Waals surface area contributed by atoms with Gasteiger partial charge in [0.1, 0.15) is 18.1 Å². The average Bonchev–Trinajstić information content (AvgIpc) is 3.10. The zero-order valence-corrected chi connectivity index (χ0v) is 17.8. The first-order chi connectivity index (χ1) is 15.0. The number of hydrogen-bond acceptors (Lipinski definition) is 7. The number of aryl methyl sites for hydroxylation is 2. The summed E-state index contributed by atoms with van der Waals surface area (Å²) in [4.78, 5) is 17.4. The summed E-state index contributed by atoms with van der Waals surface area (Å²) in [7, 11) is 3.10. The number of rotatable bonds is 8. The van der Waals surface area contributed by atoms with E-state index in [1.54, 1.807) is 25.3 Å². The number of ether oxygens (including phenoxy) is 2. The molecule has 2 aromatic carbocycles. The van der Waals surface area contributed by atoms with Gasteiger partial charge in [0.05, 0.1) is 24.1 Å². The lowest BCUT2D eigenvalue weighted by atomic mass is 10.1. The molecular formula is C22H23N5O4. The van der Waals surface area contributed by atoms with Crippen LogP contribution in [0.5, 0.6) is 11.5 Å². The van der Waals surface area contributed by atoms with Gasteiger partial charge in [-0.1, -0.05) is 17.1 Å². The van der Waals surface area contributed by atoms with Crippen molar-refractivity contribution in [3.8, 4) is 29.5 Å². The van der Waals surface area contributed by atoms with Gasteiger partial charge in [0.2, 0.25) is 0 Å². The smallest absolute Gasteiger partial charge is 0.368 e. The lowest BCUT2D eigenvalue weighted by Gasteiger charge is -2.15. The fourth-order valence-corrected chi connectivity index (χ4v) is 2.96. The highest BCUT2D eigenvalue weighted by molar-refractivity contribution is 5.98. The van der Waals surface area contributed by atoms with Crippen molar-refractivity contribution in [2.75, 3.05) is 13.7 Å². The standard InChI is InChI=1S/C22H23N5O4/c1-6-12-31-23-16(3)17-10-11-20(15(2)13-17)30-14-18-19(8-7-9-21(18)29-5)27-22(28)26(4)24-25-27/h1,7-11,13H,12,14H2,2-5H3/b23-16+. The molecule has 3 aromatic rings. The van der Waals surface area contributed by atoms with Crippen molar-refractivity contribution in [3.05, 3.63) is 63.6 Å². The highest BCUT2D eigenvalue weighted by Crippen LogP contribution is 2.27. The number of hydrogen-bond donors (Lipinski definition) is 0. The topological polar surface area (TPSA) is 92.8 Å². The Labute approximate surface area is 179 Å². The molecule has 0 saturated heterocycles. The third-order valence-corrected chi connectivity index (χ3v) is 4.59. The van der Waals surface area contributed by atoms with E-state index in [2.05, 4.69) is 21.5 Å². The molecule has 160 valence electrons. The zero-order chi connectivity index (χ0) is 22.4. The maximum atomic E-state index is 12.3. The molecule has 0 fully saturated rings. The van der Waals surface area contributed by atoms with Gasteiger partial charge in [-0.05, 0) is 65.7 Å². The van der Waals surface area contributed by atoms with Crippen molar-refractivity contribution in [3.63, 3.8) is 0 Å². The number of nitrogens with zero attached hydrogens (tertiary/aromatic N) is 5. The van der Waals surface area contributed by atoms with E-state index in [1.807, 2.05) is 32.0 Å². The Morgan fingerprint density at radius 1 is 1.23 bits per heavy atom. The van der Waals surface area contributed by atoms with Crippen LogP contribution in [0.25, 0.3) is 5.69 Å². The molecule has 3 rings (SSSR count). The molecular weight excluding hydrogens is 398 g/mol. The lowest BCUT2D eigenvalue weighted by Crippen LogP contribution is -2.23. The number of benzene rings is 2. The summed E-state index contributed by atoms with van der Waals surface area (Å²) in [6.45, 7) is 4.06. The molecule has 0 atom stereocenters. The van der Waals surface area contributed by atoms with Gasteiger partial charge >= 0.3 is 5.69 Å². The normalized spacial score (nSPS) is 11.1. The molecule has 9 heteroatoms. The molecule has 1 aromatic heterocycles. The maximum Gasteiger partial charge on any atom is 0.368 e. The molecule has 0 saturated carbocycles. The van der Waals surface area contributed by atoms with Crippen LogP contribution in [0.3, 0.4) is 0 Å². The van der Waals surface area contributed by atoms with Crippen LogP contribution in [0.1, 0.15) is 23.6 Å². The molecule has 0 unspecified atom stereocenters. The lowest BCUT2D eigenvalue weighted by molar-refractivity contribution is 0.180. The second-order valence-electron chi connectivity index (χ2n) is 6.68. The number of methoxy groups -OCH3 is 1. The summed E-state index contributed by atoms with van der Waals surface area (Å²) >= 11 is 0. The maximum absolute atomic E-state index is 12.3. The van der Waals surface area contributed by atoms with E-state index >= 15 is 0 Å². The molecule has 9 nitrogen and oxygen atoms in total. The molecule has 0 spiro atoms. The Morgan fingerprint density at radius 2 is 2.03 bits per heavy atom. The van der Waals surface area contributed by atoms with Crippen LogP contribution in [0.2, 0.25) is 0 Å². The van der Waals surface area contributed by atoms with E-state index in [9.17, 15) is 4.79 Å². The van der Waals surface area contributed by atoms with Gasteiger partial charge in [0.25, 0.3) is 0 Å². The average molecular weight is 421 g/mol. The van der Waals surface area contributed by atoms with Crippen LogP contribution >= 0.6 is 0 Å². The summed E-state index contributed by atoms with van der Waals surface area (Å²) < 4.78 is 13.9. The van der Waals surface area contributed by atoms with E-state index in [0.717, 1.165) is 15.8 Å². The number of oxime groups is 1. The van der Waals surface area contributed by atoms with Crippen LogP contribution in [-0.4, -0.2) is 39.2 Å². The van der Waals surface area contributed by atoms with Crippen LogP contribution in [0.15, 0.2) is 46.3 Å². The Morgan fingerprint density at radius 3 is 2.68 bits per heavy atom. The molecule has 0 radical (unpaired) electrons. The third-order valence-electron chi connectivity index (χ3n) is 4.59. The monoisotopic (exact) mass is 421 g/mol. The first kappa shape index (κ1) is 21.6. The van der Waals surface area contributed by atoms with Gasteiger partial charge in [0.15, 0.2) is 6.61 Å². The molecule has 0 aliphatic heterocycles. The second kappa shape index (κ2) is 9.63. The van der Waals surface area contributed by atoms with Crippen molar-refractivity contribution < 1.29 is 14.3 Å². The zero-order valence-electron chi connectivity index (χ0n) is 17.8. The van der Waals surface area contributed by atoms with Gasteiger partial charge in [-0.2, -0.15) is 9.36 Å². The highest BCUT2D eigenvalue weighted by atomic mass is 16.6. The Bertz CT molecular complexity index is 1200. The van der Waals surface area contributed by atoms with E-state index in [4.69, 9.17) is 20.7 Å². The summed E-state index contributed by atoms with van der Waals surface area (Å²) in [6.07, 6.45) is 5.16. The Kier molecular flexibility index (Phi) is 6.72. The van der Waals surface area contributed by atoms with Gasteiger partial charge in [-0.3, -0.25) is 0 Å². The summed E-state index contributed by atoms with van der Waals surface area (Å²) in [5.74, 6) is 3.63. The highest BCUT2D eigenvalue weighted by Gasteiger charge is 2.16. The first-order valence-corrected chi connectivity index (χ1v) is 9.45. The first-order valence-electron chi connectivity index (χ1n) is 9.45. The van der Waals surface area contributed by atoms with Crippen LogP contribution in [-0.2, 0) is 18.5 Å². The Balaban J connectivity index is 1.86. The summed E-state index contributed by atoms with van der Waals surface area (Å²) in [6, 6.07) is 11.0. The SMILES string of the molecule is C#CCO/N=C(\C)c1ccc(OCc2c(OC)cccc2-n2nnn(C)c2=O)c(C)c1. The van der Waals surface area contributed by atoms with Crippen molar-refractivity contribution in [2.24, 2.45) is 12.2 Å². The van der Waals surface area contributed by atoms with Crippen LogP contribution in [0, 0.1) is 19.3 Å². The van der Waals surface area contributed by atoms with E-state index in [-0.39, 0.29) is 18.9 Å². The fraction of sp³-hybridized carbons (Fsp3) is 0.273. The minimum absolute atomic E-state index is 0.119. The minimum atomic E-state index is -0.364. The van der Waals surface area contributed by atoms with Crippen molar-refractivity contribution in [1.82, 2.24) is 19.8 Å². The predicted octanol–water partition coefficient (Wildman–Crippen LogP) is 2.24. The number of aromatic nitrogens is 4. The van der Waals surface area contributed by atoms with Crippen LogP contribution in [0.4, 0.5) is 0 Å². The summed E-state index contributed by atoms with van der Waals surface area (Å²) in [5, 5.41) is 11.7. The van der Waals surface area contributed by atoms with E-state index in [0.29, 0.717) is 28.5 Å². The van der Waals surface area contributed by atoms with Crippen LogP contribution < -0.4 is 15.2 Å². The molecule has 0 amide bonds. The molecule has 31 heavy (non-hydrogen) atoms.